The topological polar surface area (TPSA) is 89.7 Å². The van der Waals surface area contributed by atoms with Gasteiger partial charge in [-0.1, -0.05) is 0 Å². The van der Waals surface area contributed by atoms with Crippen LogP contribution in [0.1, 0.15) is 19.3 Å². The molecule has 2 unspecified atom stereocenters. The van der Waals surface area contributed by atoms with E-state index in [9.17, 15) is 14.9 Å². The van der Waals surface area contributed by atoms with Gasteiger partial charge in [0.2, 0.25) is 0 Å². The fourth-order valence-electron chi connectivity index (χ4n) is 1.38. The van der Waals surface area contributed by atoms with Crippen molar-refractivity contribution in [1.82, 2.24) is 0 Å². The van der Waals surface area contributed by atoms with Crippen LogP contribution in [0.15, 0.2) is 0 Å². The molecule has 1 rings (SSSR count). The van der Waals surface area contributed by atoms with Crippen LogP contribution in [-0.2, 0) is 9.63 Å². The lowest BCUT2D eigenvalue weighted by atomic mass is 10.1. The fraction of sp³-hybridized carbons (Fsp3) is 0.833. The second-order valence-corrected chi connectivity index (χ2v) is 2.80. The van der Waals surface area contributed by atoms with Crippen LogP contribution in [0, 0.1) is 16.0 Å². The third-order valence-corrected chi connectivity index (χ3v) is 1.97. The van der Waals surface area contributed by atoms with Gasteiger partial charge in [0.15, 0.2) is 0 Å². The normalized spacial score (nSPS) is 28.3. The third-order valence-electron chi connectivity index (χ3n) is 1.97. The Labute approximate surface area is 68.2 Å². The van der Waals surface area contributed by atoms with Gasteiger partial charge in [0.05, 0.1) is 5.92 Å². The van der Waals surface area contributed by atoms with E-state index in [2.05, 4.69) is 4.84 Å². The molecule has 2 atom stereocenters. The number of carboxylic acids is 1. The van der Waals surface area contributed by atoms with Gasteiger partial charge in [-0.2, -0.15) is 0 Å². The van der Waals surface area contributed by atoms with Crippen molar-refractivity contribution in [3.63, 3.8) is 0 Å². The Morgan fingerprint density at radius 1 is 1.58 bits per heavy atom. The second-order valence-electron chi connectivity index (χ2n) is 2.80. The van der Waals surface area contributed by atoms with Gasteiger partial charge in [0, 0.05) is 0 Å². The van der Waals surface area contributed by atoms with E-state index in [1.807, 2.05) is 0 Å². The Morgan fingerprint density at radius 2 is 2.25 bits per heavy atom. The Bertz CT molecular complexity index is 204. The standard InChI is InChI=1S/C6H9NO5/c8-6(9)4-1-2-5(3-4)12-7(10)11/h4-5H,1-3H2,(H,8,9). The van der Waals surface area contributed by atoms with Gasteiger partial charge in [0.1, 0.15) is 6.10 Å². The summed E-state index contributed by atoms with van der Waals surface area (Å²) >= 11 is 0. The molecular formula is C6H9NO5. The van der Waals surface area contributed by atoms with Gasteiger partial charge in [-0.3, -0.25) is 4.79 Å². The van der Waals surface area contributed by atoms with E-state index in [-0.39, 0.29) is 6.42 Å². The molecule has 12 heavy (non-hydrogen) atoms. The second kappa shape index (κ2) is 3.38. The first-order valence-electron chi connectivity index (χ1n) is 3.63. The zero-order valence-electron chi connectivity index (χ0n) is 6.30. The van der Waals surface area contributed by atoms with Gasteiger partial charge in [-0.25, -0.2) is 0 Å². The van der Waals surface area contributed by atoms with Crippen LogP contribution in [0.2, 0.25) is 0 Å². The molecule has 1 N–H and O–H groups in total. The van der Waals surface area contributed by atoms with Crippen molar-refractivity contribution in [3.8, 4) is 0 Å². The van der Waals surface area contributed by atoms with Crippen molar-refractivity contribution in [2.24, 2.45) is 5.92 Å². The average Bonchev–Trinajstić information content (AvgIpc) is 2.34. The first-order valence-corrected chi connectivity index (χ1v) is 3.63. The number of nitrogens with zero attached hydrogens (tertiary/aromatic N) is 1. The SMILES string of the molecule is O=C(O)C1CCC(O[N+](=O)[O-])C1. The molecule has 0 aromatic carbocycles. The van der Waals surface area contributed by atoms with E-state index in [0.717, 1.165) is 0 Å². The minimum Gasteiger partial charge on any atom is -0.481 e. The molecule has 68 valence electrons. The quantitative estimate of drug-likeness (QED) is 0.496. The maximum Gasteiger partial charge on any atom is 0.306 e. The fourth-order valence-corrected chi connectivity index (χ4v) is 1.38. The molecule has 0 radical (unpaired) electrons. The monoisotopic (exact) mass is 175 g/mol. The lowest BCUT2D eigenvalue weighted by Gasteiger charge is -2.05. The molecule has 6 nitrogen and oxygen atoms in total. The summed E-state index contributed by atoms with van der Waals surface area (Å²) in [4.78, 5) is 24.5. The molecule has 0 heterocycles. The van der Waals surface area contributed by atoms with Crippen LogP contribution in [0.5, 0.6) is 0 Å². The van der Waals surface area contributed by atoms with E-state index in [4.69, 9.17) is 5.11 Å². The number of carboxylic acid groups (broad SMARTS) is 1. The van der Waals surface area contributed by atoms with Crippen LogP contribution in [-0.4, -0.2) is 22.3 Å². The highest BCUT2D eigenvalue weighted by Crippen LogP contribution is 2.27. The number of hydrogen-bond donors (Lipinski definition) is 1. The van der Waals surface area contributed by atoms with E-state index < -0.39 is 23.1 Å². The number of carbonyl (C=O) groups is 1. The number of hydrogen-bond acceptors (Lipinski definition) is 4. The summed E-state index contributed by atoms with van der Waals surface area (Å²) < 4.78 is 0. The Hall–Kier alpha value is -1.33. The van der Waals surface area contributed by atoms with Crippen molar-refractivity contribution in [3.05, 3.63) is 10.1 Å². The highest BCUT2D eigenvalue weighted by atomic mass is 17.0. The van der Waals surface area contributed by atoms with Gasteiger partial charge in [0.25, 0.3) is 5.09 Å². The van der Waals surface area contributed by atoms with Crippen LogP contribution in [0.3, 0.4) is 0 Å². The van der Waals surface area contributed by atoms with E-state index in [0.29, 0.717) is 12.8 Å². The molecule has 1 aliphatic carbocycles. The van der Waals surface area contributed by atoms with Crippen LogP contribution in [0.4, 0.5) is 0 Å². The van der Waals surface area contributed by atoms with E-state index >= 15 is 0 Å². The summed E-state index contributed by atoms with van der Waals surface area (Å²) in [6.45, 7) is 0. The third kappa shape index (κ3) is 2.08. The van der Waals surface area contributed by atoms with Crippen LogP contribution >= 0.6 is 0 Å². The molecule has 0 spiro atoms. The Kier molecular flexibility index (Phi) is 2.47. The predicted octanol–water partition coefficient (Wildman–Crippen LogP) is 0.448. The zero-order chi connectivity index (χ0) is 9.14. The number of aliphatic carboxylic acids is 1. The molecular weight excluding hydrogens is 166 g/mol. The summed E-state index contributed by atoms with van der Waals surface area (Å²) in [5, 5.41) is 17.5. The molecule has 0 bridgehead atoms. The lowest BCUT2D eigenvalue weighted by Crippen LogP contribution is -2.16. The van der Waals surface area contributed by atoms with Crippen molar-refractivity contribution >= 4 is 5.97 Å². The molecule has 6 heteroatoms. The lowest BCUT2D eigenvalue weighted by molar-refractivity contribution is -0.768. The highest BCUT2D eigenvalue weighted by molar-refractivity contribution is 5.70. The molecule has 0 aromatic heterocycles. The van der Waals surface area contributed by atoms with Gasteiger partial charge in [-0.15, -0.1) is 10.1 Å². The van der Waals surface area contributed by atoms with Gasteiger partial charge >= 0.3 is 5.97 Å². The first-order chi connectivity index (χ1) is 5.59. The minimum absolute atomic E-state index is 0.246. The summed E-state index contributed by atoms with van der Waals surface area (Å²) in [5.74, 6) is -1.38. The van der Waals surface area contributed by atoms with Crippen molar-refractivity contribution < 1.29 is 19.8 Å². The first kappa shape index (κ1) is 8.76. The smallest absolute Gasteiger partial charge is 0.306 e. The highest BCUT2D eigenvalue weighted by Gasteiger charge is 2.31. The summed E-state index contributed by atoms with van der Waals surface area (Å²) in [6.07, 6.45) is 0.642. The summed E-state index contributed by atoms with van der Waals surface area (Å²) in [7, 11) is 0. The number of rotatable bonds is 3. The largest absolute Gasteiger partial charge is 0.481 e. The van der Waals surface area contributed by atoms with Gasteiger partial charge < -0.3 is 9.94 Å². The maximum atomic E-state index is 10.4. The Morgan fingerprint density at radius 3 is 2.67 bits per heavy atom. The summed E-state index contributed by atoms with van der Waals surface area (Å²) in [6, 6.07) is 0. The van der Waals surface area contributed by atoms with E-state index in [1.165, 1.54) is 0 Å². The molecule has 0 saturated heterocycles. The van der Waals surface area contributed by atoms with Crippen LogP contribution < -0.4 is 0 Å². The molecule has 0 aromatic rings. The molecule has 0 amide bonds. The molecule has 1 fully saturated rings. The van der Waals surface area contributed by atoms with Crippen LogP contribution in [0.25, 0.3) is 0 Å². The molecule has 0 aliphatic heterocycles. The van der Waals surface area contributed by atoms with E-state index in [1.54, 1.807) is 0 Å². The molecule has 1 saturated carbocycles. The minimum atomic E-state index is -0.899. The zero-order valence-corrected chi connectivity index (χ0v) is 6.30. The van der Waals surface area contributed by atoms with Crippen molar-refractivity contribution in [2.45, 2.75) is 25.4 Å². The predicted molar refractivity (Wildman–Crippen MR) is 36.8 cm³/mol. The average molecular weight is 175 g/mol. The maximum absolute atomic E-state index is 10.4. The van der Waals surface area contributed by atoms with Gasteiger partial charge in [-0.05, 0) is 19.3 Å². The Balaban J connectivity index is 2.35. The molecule has 1 aliphatic rings. The summed E-state index contributed by atoms with van der Waals surface area (Å²) in [5.41, 5.74) is 0. The van der Waals surface area contributed by atoms with Crippen molar-refractivity contribution in [1.29, 1.82) is 0 Å². The van der Waals surface area contributed by atoms with Crippen molar-refractivity contribution in [2.75, 3.05) is 0 Å².